The zero-order chi connectivity index (χ0) is 13.8. The molecular formula is C20H24. The molecule has 1 aliphatic rings. The first-order chi connectivity index (χ1) is 9.88. The SMILES string of the molecule is CCCCCC1CCc2cc(-c3ccccc3)ccc21. The van der Waals surface area contributed by atoms with E-state index in [1.54, 1.807) is 11.1 Å². The minimum atomic E-state index is 0.821. The lowest BCUT2D eigenvalue weighted by Gasteiger charge is -2.12. The Hall–Kier alpha value is -1.56. The van der Waals surface area contributed by atoms with Gasteiger partial charge in [0, 0.05) is 0 Å². The molecule has 1 unspecified atom stereocenters. The van der Waals surface area contributed by atoms with Gasteiger partial charge in [0.1, 0.15) is 0 Å². The van der Waals surface area contributed by atoms with Crippen molar-refractivity contribution in [1.29, 1.82) is 0 Å². The summed E-state index contributed by atoms with van der Waals surface area (Å²) in [7, 11) is 0. The van der Waals surface area contributed by atoms with Gasteiger partial charge in [-0.3, -0.25) is 0 Å². The Morgan fingerprint density at radius 2 is 1.80 bits per heavy atom. The van der Waals surface area contributed by atoms with E-state index in [2.05, 4.69) is 55.5 Å². The van der Waals surface area contributed by atoms with Gasteiger partial charge in [0.15, 0.2) is 0 Å². The molecule has 20 heavy (non-hydrogen) atoms. The quantitative estimate of drug-likeness (QED) is 0.584. The van der Waals surface area contributed by atoms with E-state index in [1.165, 1.54) is 49.7 Å². The van der Waals surface area contributed by atoms with E-state index in [1.807, 2.05) is 0 Å². The van der Waals surface area contributed by atoms with E-state index in [-0.39, 0.29) is 0 Å². The van der Waals surface area contributed by atoms with Gasteiger partial charge < -0.3 is 0 Å². The highest BCUT2D eigenvalue weighted by Crippen LogP contribution is 2.38. The molecule has 0 aromatic heterocycles. The van der Waals surface area contributed by atoms with Crippen LogP contribution in [0.15, 0.2) is 48.5 Å². The van der Waals surface area contributed by atoms with Crippen molar-refractivity contribution in [3.63, 3.8) is 0 Å². The van der Waals surface area contributed by atoms with Crippen LogP contribution in [-0.2, 0) is 6.42 Å². The molecule has 1 atom stereocenters. The van der Waals surface area contributed by atoms with Crippen LogP contribution in [0.2, 0.25) is 0 Å². The molecule has 0 N–H and O–H groups in total. The summed E-state index contributed by atoms with van der Waals surface area (Å²) < 4.78 is 0. The minimum Gasteiger partial charge on any atom is -0.0654 e. The van der Waals surface area contributed by atoms with E-state index in [0.717, 1.165) is 5.92 Å². The van der Waals surface area contributed by atoms with Crippen molar-refractivity contribution in [1.82, 2.24) is 0 Å². The van der Waals surface area contributed by atoms with Crippen LogP contribution in [-0.4, -0.2) is 0 Å². The van der Waals surface area contributed by atoms with Gasteiger partial charge in [0.25, 0.3) is 0 Å². The second kappa shape index (κ2) is 6.26. The highest BCUT2D eigenvalue weighted by atomic mass is 14.3. The zero-order valence-electron chi connectivity index (χ0n) is 12.4. The molecule has 0 radical (unpaired) electrons. The van der Waals surface area contributed by atoms with E-state index in [0.29, 0.717) is 0 Å². The highest BCUT2D eigenvalue weighted by molar-refractivity contribution is 5.65. The number of rotatable bonds is 5. The van der Waals surface area contributed by atoms with Gasteiger partial charge in [0.2, 0.25) is 0 Å². The number of hydrogen-bond donors (Lipinski definition) is 0. The van der Waals surface area contributed by atoms with Gasteiger partial charge in [0.05, 0.1) is 0 Å². The molecule has 0 aliphatic heterocycles. The number of unbranched alkanes of at least 4 members (excludes halogenated alkanes) is 2. The maximum Gasteiger partial charge on any atom is -0.0156 e. The first kappa shape index (κ1) is 13.4. The monoisotopic (exact) mass is 264 g/mol. The van der Waals surface area contributed by atoms with Gasteiger partial charge in [-0.25, -0.2) is 0 Å². The Kier molecular flexibility index (Phi) is 4.20. The van der Waals surface area contributed by atoms with Crippen molar-refractivity contribution in [3.05, 3.63) is 59.7 Å². The van der Waals surface area contributed by atoms with Crippen LogP contribution >= 0.6 is 0 Å². The summed E-state index contributed by atoms with van der Waals surface area (Å²) in [4.78, 5) is 0. The van der Waals surface area contributed by atoms with Gasteiger partial charge in [-0.15, -0.1) is 0 Å². The molecule has 0 saturated heterocycles. The molecule has 0 amide bonds. The second-order valence-electron chi connectivity index (χ2n) is 6.01. The molecule has 0 spiro atoms. The van der Waals surface area contributed by atoms with Crippen LogP contribution in [0.3, 0.4) is 0 Å². The lowest BCUT2D eigenvalue weighted by atomic mass is 9.93. The molecule has 0 bridgehead atoms. The zero-order valence-corrected chi connectivity index (χ0v) is 12.4. The molecule has 0 heterocycles. The third kappa shape index (κ3) is 2.80. The lowest BCUT2D eigenvalue weighted by Crippen LogP contribution is -1.93. The Morgan fingerprint density at radius 3 is 2.60 bits per heavy atom. The summed E-state index contributed by atoms with van der Waals surface area (Å²) in [6.07, 6.45) is 8.11. The number of fused-ring (bicyclic) bond motifs is 1. The topological polar surface area (TPSA) is 0 Å². The standard InChI is InChI=1S/C20H24/c1-2-3-5-10-17-11-12-19-15-18(13-14-20(17)19)16-8-6-4-7-9-16/h4,6-9,13-15,17H,2-3,5,10-12H2,1H3. The van der Waals surface area contributed by atoms with E-state index >= 15 is 0 Å². The van der Waals surface area contributed by atoms with E-state index in [4.69, 9.17) is 0 Å². The van der Waals surface area contributed by atoms with E-state index < -0.39 is 0 Å². The normalized spacial score (nSPS) is 17.1. The third-order valence-electron chi connectivity index (χ3n) is 4.61. The van der Waals surface area contributed by atoms with Crippen LogP contribution in [0.1, 0.15) is 56.1 Å². The summed E-state index contributed by atoms with van der Waals surface area (Å²) in [6.45, 7) is 2.29. The molecule has 104 valence electrons. The molecule has 2 aromatic rings. The van der Waals surface area contributed by atoms with Crippen LogP contribution < -0.4 is 0 Å². The predicted molar refractivity (Wildman–Crippen MR) is 87.1 cm³/mol. The molecule has 3 rings (SSSR count). The first-order valence-electron chi connectivity index (χ1n) is 8.06. The van der Waals surface area contributed by atoms with E-state index in [9.17, 15) is 0 Å². The highest BCUT2D eigenvalue weighted by Gasteiger charge is 2.22. The van der Waals surface area contributed by atoms with Crippen molar-refractivity contribution < 1.29 is 0 Å². The van der Waals surface area contributed by atoms with Crippen LogP contribution in [0.25, 0.3) is 11.1 Å². The van der Waals surface area contributed by atoms with Crippen molar-refractivity contribution in [3.8, 4) is 11.1 Å². The second-order valence-corrected chi connectivity index (χ2v) is 6.01. The smallest absolute Gasteiger partial charge is 0.0156 e. The molecule has 0 saturated carbocycles. The average Bonchev–Trinajstić information content (AvgIpc) is 2.91. The fourth-order valence-electron chi connectivity index (χ4n) is 3.46. The van der Waals surface area contributed by atoms with Crippen LogP contribution in [0.4, 0.5) is 0 Å². The van der Waals surface area contributed by atoms with Crippen LogP contribution in [0.5, 0.6) is 0 Å². The molecule has 2 aromatic carbocycles. The van der Waals surface area contributed by atoms with Crippen molar-refractivity contribution in [2.45, 2.75) is 51.4 Å². The van der Waals surface area contributed by atoms with Gasteiger partial charge >= 0.3 is 0 Å². The Labute approximate surface area is 122 Å². The fraction of sp³-hybridized carbons (Fsp3) is 0.400. The summed E-state index contributed by atoms with van der Waals surface area (Å²) in [5.41, 5.74) is 5.93. The van der Waals surface area contributed by atoms with Crippen molar-refractivity contribution in [2.75, 3.05) is 0 Å². The first-order valence-corrected chi connectivity index (χ1v) is 8.06. The van der Waals surface area contributed by atoms with Crippen molar-refractivity contribution >= 4 is 0 Å². The molecule has 0 fully saturated rings. The Bertz CT molecular complexity index is 554. The Balaban J connectivity index is 1.78. The predicted octanol–water partition coefficient (Wildman–Crippen LogP) is 5.96. The fourth-order valence-corrected chi connectivity index (χ4v) is 3.46. The lowest BCUT2D eigenvalue weighted by molar-refractivity contribution is 0.563. The average molecular weight is 264 g/mol. The maximum atomic E-state index is 2.42. The molecular weight excluding hydrogens is 240 g/mol. The largest absolute Gasteiger partial charge is 0.0654 e. The molecule has 0 nitrogen and oxygen atoms in total. The van der Waals surface area contributed by atoms with Crippen molar-refractivity contribution in [2.24, 2.45) is 0 Å². The summed E-state index contributed by atoms with van der Waals surface area (Å²) in [6, 6.07) is 17.9. The van der Waals surface area contributed by atoms with Gasteiger partial charge in [-0.2, -0.15) is 0 Å². The molecule has 0 heteroatoms. The number of benzene rings is 2. The summed E-state index contributed by atoms with van der Waals surface area (Å²) >= 11 is 0. The maximum absolute atomic E-state index is 2.42. The third-order valence-corrected chi connectivity index (χ3v) is 4.61. The molecule has 1 aliphatic carbocycles. The van der Waals surface area contributed by atoms with Gasteiger partial charge in [-0.05, 0) is 47.4 Å². The summed E-state index contributed by atoms with van der Waals surface area (Å²) in [5, 5.41) is 0. The Morgan fingerprint density at radius 1 is 0.950 bits per heavy atom. The minimum absolute atomic E-state index is 0.821. The van der Waals surface area contributed by atoms with Crippen LogP contribution in [0, 0.1) is 0 Å². The number of hydrogen-bond acceptors (Lipinski definition) is 0. The van der Waals surface area contributed by atoms with Gasteiger partial charge in [-0.1, -0.05) is 74.7 Å². The number of aryl methyl sites for hydroxylation is 1. The summed E-state index contributed by atoms with van der Waals surface area (Å²) in [5.74, 6) is 0.821.